The van der Waals surface area contributed by atoms with Crippen molar-refractivity contribution in [3.63, 3.8) is 0 Å². The molecule has 0 atom stereocenters. The molecule has 0 rings (SSSR count). The zero-order valence-electron chi connectivity index (χ0n) is 8.89. The van der Waals surface area contributed by atoms with Gasteiger partial charge >= 0.3 is 0 Å². The molecule has 0 aliphatic heterocycles. The van der Waals surface area contributed by atoms with E-state index < -0.39 is 0 Å². The lowest BCUT2D eigenvalue weighted by Crippen LogP contribution is -2.24. The predicted molar refractivity (Wildman–Crippen MR) is 53.2 cm³/mol. The van der Waals surface area contributed by atoms with Gasteiger partial charge in [-0.1, -0.05) is 27.4 Å². The summed E-state index contributed by atoms with van der Waals surface area (Å²) >= 11 is 0. The lowest BCUT2D eigenvalue weighted by Gasteiger charge is -2.27. The molecule has 0 aromatic rings. The Kier molecular flexibility index (Phi) is 3.62. The summed E-state index contributed by atoms with van der Waals surface area (Å²) in [6.45, 7) is 14.3. The molecule has 0 spiro atoms. The van der Waals surface area contributed by atoms with Crippen molar-refractivity contribution >= 4 is 0 Å². The van der Waals surface area contributed by atoms with Crippen LogP contribution in [0.2, 0.25) is 0 Å². The molecule has 0 unspecified atom stereocenters. The minimum Gasteiger partial charge on any atom is -0.183 e. The van der Waals surface area contributed by atoms with E-state index in [0.29, 0.717) is 5.41 Å². The molecule has 0 heterocycles. The quantitative estimate of drug-likeness (QED) is 0.573. The second kappa shape index (κ2) is 3.83. The summed E-state index contributed by atoms with van der Waals surface area (Å²) in [4.78, 5) is 0. The monoisotopic (exact) mass is 168 g/mol. The van der Waals surface area contributed by atoms with Crippen LogP contribution in [0, 0.1) is 5.41 Å². The van der Waals surface area contributed by atoms with Crippen molar-refractivity contribution in [1.29, 1.82) is 0 Å². The van der Waals surface area contributed by atoms with Gasteiger partial charge in [0.1, 0.15) is 0 Å². The standard InChI is InChI=1S/C10H20N2/c1-7-11-12-10(5,6)8-9(2,3)4/h7H,1,8H2,2-6H3. The van der Waals surface area contributed by atoms with Crippen molar-refractivity contribution in [3.05, 3.63) is 12.8 Å². The van der Waals surface area contributed by atoms with Crippen molar-refractivity contribution in [2.75, 3.05) is 0 Å². The Bertz CT molecular complexity index is 173. The number of hydrogen-bond acceptors (Lipinski definition) is 2. The van der Waals surface area contributed by atoms with Gasteiger partial charge in [-0.25, -0.2) is 0 Å². The number of nitrogens with zero attached hydrogens (tertiary/aromatic N) is 2. The first-order valence-corrected chi connectivity index (χ1v) is 4.30. The van der Waals surface area contributed by atoms with E-state index in [1.807, 2.05) is 0 Å². The van der Waals surface area contributed by atoms with Crippen LogP contribution in [0.15, 0.2) is 23.0 Å². The Morgan fingerprint density at radius 2 is 1.67 bits per heavy atom. The topological polar surface area (TPSA) is 24.7 Å². The smallest absolute Gasteiger partial charge is 0.0769 e. The van der Waals surface area contributed by atoms with E-state index in [-0.39, 0.29) is 5.54 Å². The molecule has 2 heteroatoms. The summed E-state index contributed by atoms with van der Waals surface area (Å²) in [6.07, 6.45) is 2.50. The van der Waals surface area contributed by atoms with Crippen molar-refractivity contribution in [1.82, 2.24) is 0 Å². The van der Waals surface area contributed by atoms with E-state index in [1.54, 1.807) is 0 Å². The third kappa shape index (κ3) is 6.08. The molecule has 0 radical (unpaired) electrons. The van der Waals surface area contributed by atoms with E-state index in [4.69, 9.17) is 0 Å². The average Bonchev–Trinajstić information content (AvgIpc) is 1.78. The van der Waals surface area contributed by atoms with E-state index in [9.17, 15) is 0 Å². The fourth-order valence-electron chi connectivity index (χ4n) is 1.53. The third-order valence-electron chi connectivity index (χ3n) is 1.37. The zero-order chi connectivity index (χ0) is 9.83. The summed E-state index contributed by atoms with van der Waals surface area (Å²) in [5, 5.41) is 7.98. The van der Waals surface area contributed by atoms with Crippen molar-refractivity contribution in [3.8, 4) is 0 Å². The molecule has 12 heavy (non-hydrogen) atoms. The maximum Gasteiger partial charge on any atom is 0.0769 e. The molecule has 0 N–H and O–H groups in total. The van der Waals surface area contributed by atoms with E-state index >= 15 is 0 Å². The summed E-state index contributed by atoms with van der Waals surface area (Å²) in [7, 11) is 0. The molecular formula is C10H20N2. The van der Waals surface area contributed by atoms with Gasteiger partial charge in [0, 0.05) is 6.20 Å². The third-order valence-corrected chi connectivity index (χ3v) is 1.37. The number of hydrogen-bond donors (Lipinski definition) is 0. The van der Waals surface area contributed by atoms with Crippen LogP contribution in [0.25, 0.3) is 0 Å². The fourth-order valence-corrected chi connectivity index (χ4v) is 1.53. The lowest BCUT2D eigenvalue weighted by atomic mass is 9.82. The van der Waals surface area contributed by atoms with Gasteiger partial charge in [0.15, 0.2) is 0 Å². The molecule has 0 aromatic heterocycles. The first-order valence-electron chi connectivity index (χ1n) is 4.30. The largest absolute Gasteiger partial charge is 0.183 e. The van der Waals surface area contributed by atoms with Gasteiger partial charge < -0.3 is 0 Å². The zero-order valence-corrected chi connectivity index (χ0v) is 8.89. The molecule has 0 aliphatic carbocycles. The van der Waals surface area contributed by atoms with Gasteiger partial charge in [0.05, 0.1) is 5.54 Å². The highest BCUT2D eigenvalue weighted by Crippen LogP contribution is 2.29. The van der Waals surface area contributed by atoms with E-state index in [0.717, 1.165) is 6.42 Å². The highest BCUT2D eigenvalue weighted by Gasteiger charge is 2.24. The van der Waals surface area contributed by atoms with Crippen LogP contribution in [0.4, 0.5) is 0 Å². The van der Waals surface area contributed by atoms with Crippen molar-refractivity contribution in [2.24, 2.45) is 15.6 Å². The van der Waals surface area contributed by atoms with Crippen LogP contribution in [-0.2, 0) is 0 Å². The maximum atomic E-state index is 4.17. The average molecular weight is 168 g/mol. The van der Waals surface area contributed by atoms with Crippen molar-refractivity contribution < 1.29 is 0 Å². The van der Waals surface area contributed by atoms with Crippen LogP contribution in [0.3, 0.4) is 0 Å². The first kappa shape index (κ1) is 11.3. The second-order valence-electron chi connectivity index (χ2n) is 4.95. The van der Waals surface area contributed by atoms with E-state index in [2.05, 4.69) is 51.4 Å². The lowest BCUT2D eigenvalue weighted by molar-refractivity contribution is 0.281. The predicted octanol–water partition coefficient (Wildman–Crippen LogP) is 3.80. The first-order chi connectivity index (χ1) is 5.27. The summed E-state index contributed by atoms with van der Waals surface area (Å²) in [5.41, 5.74) is 0.218. The second-order valence-corrected chi connectivity index (χ2v) is 4.95. The summed E-state index contributed by atoms with van der Waals surface area (Å²) in [6, 6.07) is 0. The molecule has 0 saturated heterocycles. The highest BCUT2D eigenvalue weighted by molar-refractivity contribution is 4.82. The van der Waals surface area contributed by atoms with Gasteiger partial charge in [-0.05, 0) is 25.7 Å². The maximum absolute atomic E-state index is 4.17. The van der Waals surface area contributed by atoms with Gasteiger partial charge in [-0.15, -0.1) is 0 Å². The van der Waals surface area contributed by atoms with Gasteiger partial charge in [-0.2, -0.15) is 10.2 Å². The molecule has 0 saturated carbocycles. The number of azo groups is 1. The van der Waals surface area contributed by atoms with Crippen LogP contribution in [0.1, 0.15) is 41.0 Å². The van der Waals surface area contributed by atoms with Crippen LogP contribution < -0.4 is 0 Å². The Balaban J connectivity index is 4.22. The normalized spacial score (nSPS) is 13.8. The minimum absolute atomic E-state index is 0.0769. The summed E-state index contributed by atoms with van der Waals surface area (Å²) in [5.74, 6) is 0. The molecule has 0 fully saturated rings. The molecule has 0 aliphatic rings. The van der Waals surface area contributed by atoms with E-state index in [1.165, 1.54) is 6.20 Å². The molecule has 0 bridgehead atoms. The summed E-state index contributed by atoms with van der Waals surface area (Å²) < 4.78 is 0. The van der Waals surface area contributed by atoms with Crippen LogP contribution >= 0.6 is 0 Å². The van der Waals surface area contributed by atoms with Gasteiger partial charge in [-0.3, -0.25) is 0 Å². The van der Waals surface area contributed by atoms with Gasteiger partial charge in [0.25, 0.3) is 0 Å². The Hall–Kier alpha value is -0.660. The molecule has 0 aromatic carbocycles. The Morgan fingerprint density at radius 3 is 2.00 bits per heavy atom. The van der Waals surface area contributed by atoms with Crippen LogP contribution in [-0.4, -0.2) is 5.54 Å². The Morgan fingerprint density at radius 1 is 1.17 bits per heavy atom. The van der Waals surface area contributed by atoms with Crippen LogP contribution in [0.5, 0.6) is 0 Å². The minimum atomic E-state index is -0.0769. The fraction of sp³-hybridized carbons (Fsp3) is 0.800. The SMILES string of the molecule is C=CN=NC(C)(C)CC(C)(C)C. The van der Waals surface area contributed by atoms with Crippen molar-refractivity contribution in [2.45, 2.75) is 46.6 Å². The highest BCUT2D eigenvalue weighted by atomic mass is 15.1. The molecule has 0 amide bonds. The molecule has 2 nitrogen and oxygen atoms in total. The number of rotatable bonds is 3. The Labute approximate surface area is 75.8 Å². The molecule has 70 valence electrons. The molecular weight excluding hydrogens is 148 g/mol. The van der Waals surface area contributed by atoms with Gasteiger partial charge in [0.2, 0.25) is 0 Å².